The number of primary amides is 1. The van der Waals surface area contributed by atoms with Crippen LogP contribution in [0, 0.1) is 11.8 Å². The van der Waals surface area contributed by atoms with Crippen molar-refractivity contribution in [1.29, 1.82) is 0 Å². The van der Waals surface area contributed by atoms with E-state index in [0.29, 0.717) is 23.9 Å². The van der Waals surface area contributed by atoms with Crippen molar-refractivity contribution in [3.05, 3.63) is 90.1 Å². The molecule has 31 nitrogen and oxygen atoms in total. The minimum Gasteiger partial charge on any atom is -0.396 e. The summed E-state index contributed by atoms with van der Waals surface area (Å²) in [4.78, 5) is 59.3. The number of carbonyl (C=O) groups excluding carboxylic acids is 4. The molecule has 544 valence electrons. The Hall–Kier alpha value is -5.41. The molecule has 4 saturated heterocycles. The zero-order chi connectivity index (χ0) is 71.0. The van der Waals surface area contributed by atoms with Crippen LogP contribution in [0.1, 0.15) is 95.1 Å². The smallest absolute Gasteiger partial charge is 0.270 e. The van der Waals surface area contributed by atoms with Gasteiger partial charge in [0.15, 0.2) is 18.9 Å². The van der Waals surface area contributed by atoms with Gasteiger partial charge in [0.2, 0.25) is 17.7 Å². The molecular weight excluding hydrogens is 1270 g/mol. The second-order valence-corrected chi connectivity index (χ2v) is 27.0. The summed E-state index contributed by atoms with van der Waals surface area (Å²) in [5.41, 5.74) is 36.6. The van der Waals surface area contributed by atoms with Gasteiger partial charge >= 0.3 is 0 Å². The number of hydrogen-bond acceptors (Lipinski definition) is 27. The van der Waals surface area contributed by atoms with Crippen molar-refractivity contribution >= 4 is 34.5 Å². The SMILES string of the molecule is C/C=C/CCO.CC(C)(C)NC(=O)[C@@H]1C[C@@H]2CCCC[C@@H]2CN1C[C@@H](O)[C@H](Cc1ccccc1)NC(=O)[C@H](CC(N)=O)NC(=O)c1ccc2ccccc2n1.NC[C@@H]1O[C@H](O[C@H]2[C@@H](O)[C@H](O[C@@H]3[C@@H](O)[C@H](N)C[C@H](N)[C@H]3O[C@H]3O[C@H](CO)[C@@H](O)[C@H](O)[C@H]3N)O[C@@H]2CO)[C@H](N)[C@@H](O)[C@@H]1O. The van der Waals surface area contributed by atoms with Gasteiger partial charge in [-0.2, -0.15) is 0 Å². The molecular formula is C66H105N11O20. The number of hydrogen-bond donors (Lipinski definition) is 19. The first-order valence-corrected chi connectivity index (χ1v) is 33.3. The van der Waals surface area contributed by atoms with E-state index in [-0.39, 0.29) is 44.1 Å². The number of β-amino-alcohol motifs (C(OH)–C–C–N with tert-alkyl or cyclic N) is 1. The van der Waals surface area contributed by atoms with Crippen molar-refractivity contribution in [2.45, 2.75) is 232 Å². The number of aliphatic hydroxyl groups excluding tert-OH is 10. The lowest BCUT2D eigenvalue weighted by atomic mass is 9.72. The summed E-state index contributed by atoms with van der Waals surface area (Å²) in [6.07, 6.45) is -11.8. The molecule has 97 heavy (non-hydrogen) atoms. The largest absolute Gasteiger partial charge is 0.396 e. The van der Waals surface area contributed by atoms with Gasteiger partial charge in [-0.3, -0.25) is 24.1 Å². The van der Waals surface area contributed by atoms with Crippen LogP contribution in [0.15, 0.2) is 78.9 Å². The van der Waals surface area contributed by atoms with E-state index in [1.165, 1.54) is 6.42 Å². The van der Waals surface area contributed by atoms with Crippen LogP contribution >= 0.6 is 0 Å². The van der Waals surface area contributed by atoms with Crippen LogP contribution in [0.4, 0.5) is 0 Å². The van der Waals surface area contributed by atoms with E-state index in [0.717, 1.165) is 43.1 Å². The number of fused-ring (bicyclic) bond motifs is 2. The van der Waals surface area contributed by atoms with Crippen molar-refractivity contribution in [2.24, 2.45) is 46.2 Å². The van der Waals surface area contributed by atoms with E-state index < -0.39 is 183 Å². The molecule has 0 bridgehead atoms. The number of piperidine rings is 1. The van der Waals surface area contributed by atoms with E-state index in [1.54, 1.807) is 18.2 Å². The van der Waals surface area contributed by atoms with Crippen LogP contribution in [0.3, 0.4) is 0 Å². The van der Waals surface area contributed by atoms with Crippen LogP contribution in [0.2, 0.25) is 0 Å². The number of nitrogens with two attached hydrogens (primary N) is 6. The van der Waals surface area contributed by atoms with Gasteiger partial charge in [-0.05, 0) is 89.3 Å². The number of amides is 4. The third-order valence-corrected chi connectivity index (χ3v) is 18.5. The van der Waals surface area contributed by atoms with E-state index in [4.69, 9.17) is 67.9 Å². The number of carbonyl (C=O) groups is 4. The number of allylic oxidation sites excluding steroid dienone is 1. The maximum atomic E-state index is 13.8. The highest BCUT2D eigenvalue weighted by atomic mass is 16.8. The summed E-state index contributed by atoms with van der Waals surface area (Å²) < 4.78 is 34.4. The molecule has 2 aliphatic carbocycles. The van der Waals surface area contributed by atoms with Gasteiger partial charge in [0.05, 0.1) is 61.5 Å². The van der Waals surface area contributed by atoms with Crippen molar-refractivity contribution in [2.75, 3.05) is 39.5 Å². The van der Waals surface area contributed by atoms with E-state index >= 15 is 0 Å². The number of para-hydroxylation sites is 1. The van der Waals surface area contributed by atoms with E-state index in [1.807, 2.05) is 88.4 Å². The second-order valence-electron chi connectivity index (χ2n) is 27.0. The molecule has 25 atom stereocenters. The molecule has 2 saturated carbocycles. The minimum atomic E-state index is -1.62. The van der Waals surface area contributed by atoms with Crippen molar-refractivity contribution in [3.63, 3.8) is 0 Å². The summed E-state index contributed by atoms with van der Waals surface area (Å²) in [6, 6.07) is 13.3. The lowest BCUT2D eigenvalue weighted by Gasteiger charge is -2.47. The lowest BCUT2D eigenvalue weighted by molar-refractivity contribution is -0.310. The molecule has 0 unspecified atom stereocenters. The molecule has 6 aliphatic rings. The Morgan fingerprint density at radius 1 is 0.701 bits per heavy atom. The molecule has 6 fully saturated rings. The summed E-state index contributed by atoms with van der Waals surface area (Å²) in [5, 5.41) is 112. The summed E-state index contributed by atoms with van der Waals surface area (Å²) >= 11 is 0. The third-order valence-electron chi connectivity index (χ3n) is 18.5. The molecule has 0 spiro atoms. The number of nitrogens with zero attached hydrogens (tertiary/aromatic N) is 2. The number of likely N-dealkylation sites (tertiary alicyclic amines) is 1. The summed E-state index contributed by atoms with van der Waals surface area (Å²) in [7, 11) is 0. The number of pyridine rings is 1. The Labute approximate surface area is 564 Å². The number of ether oxygens (including phenoxy) is 6. The highest BCUT2D eigenvalue weighted by Crippen LogP contribution is 2.40. The fraction of sp³-hybridized carbons (Fsp3) is 0.682. The van der Waals surface area contributed by atoms with Gasteiger partial charge in [0, 0.05) is 49.2 Å². The quantitative estimate of drug-likeness (QED) is 0.0396. The molecule has 4 aliphatic heterocycles. The number of aliphatic hydroxyl groups is 10. The van der Waals surface area contributed by atoms with Crippen molar-refractivity contribution in [1.82, 2.24) is 25.8 Å². The van der Waals surface area contributed by atoms with Crippen LogP contribution in [-0.4, -0.2) is 270 Å². The average molecular weight is 1370 g/mol. The Bertz CT molecular complexity index is 2980. The summed E-state index contributed by atoms with van der Waals surface area (Å²) in [5.74, 6) is -1.20. The molecule has 2 aromatic carbocycles. The predicted molar refractivity (Wildman–Crippen MR) is 351 cm³/mol. The predicted octanol–water partition coefficient (Wildman–Crippen LogP) is -4.82. The monoisotopic (exact) mass is 1370 g/mol. The zero-order valence-corrected chi connectivity index (χ0v) is 55.5. The van der Waals surface area contributed by atoms with Gasteiger partial charge < -0.3 is 130 Å². The van der Waals surface area contributed by atoms with Crippen LogP contribution in [0.25, 0.3) is 10.9 Å². The van der Waals surface area contributed by atoms with Gasteiger partial charge in [-0.1, -0.05) is 86.0 Å². The molecule has 5 heterocycles. The number of aromatic nitrogens is 1. The molecule has 0 radical (unpaired) electrons. The average Bonchev–Trinajstić information content (AvgIpc) is 1.75. The topological polar surface area (TPSA) is 534 Å². The molecule has 9 rings (SSSR count). The molecule has 4 amide bonds. The molecule has 31 heteroatoms. The first-order chi connectivity index (χ1) is 46.1. The Morgan fingerprint density at radius 3 is 1.91 bits per heavy atom. The van der Waals surface area contributed by atoms with E-state index in [9.17, 15) is 65.1 Å². The Balaban J connectivity index is 0.000000255. The first kappa shape index (κ1) is 78.9. The van der Waals surface area contributed by atoms with Gasteiger partial charge in [-0.15, -0.1) is 0 Å². The highest BCUT2D eigenvalue weighted by Gasteiger charge is 2.55. The highest BCUT2D eigenvalue weighted by molar-refractivity contribution is 5.99. The molecule has 3 aromatic rings. The first-order valence-electron chi connectivity index (χ1n) is 33.3. The normalized spacial score (nSPS) is 34.8. The fourth-order valence-electron chi connectivity index (χ4n) is 13.2. The Kier molecular flexibility index (Phi) is 29.9. The minimum absolute atomic E-state index is 0.0566. The van der Waals surface area contributed by atoms with E-state index in [2.05, 4.69) is 25.8 Å². The molecule has 1 aromatic heterocycles. The van der Waals surface area contributed by atoms with Gasteiger partial charge in [-0.25, -0.2) is 4.98 Å². The lowest BCUT2D eigenvalue weighted by Crippen LogP contribution is -2.68. The van der Waals surface area contributed by atoms with Crippen LogP contribution in [-0.2, 0) is 49.2 Å². The number of rotatable bonds is 23. The van der Waals surface area contributed by atoms with Crippen molar-refractivity contribution in [3.8, 4) is 0 Å². The van der Waals surface area contributed by atoms with Crippen molar-refractivity contribution < 1.29 is 98.7 Å². The van der Waals surface area contributed by atoms with Crippen LogP contribution in [0.5, 0.6) is 0 Å². The van der Waals surface area contributed by atoms with Crippen LogP contribution < -0.4 is 50.4 Å². The van der Waals surface area contributed by atoms with Gasteiger partial charge in [0.1, 0.15) is 78.9 Å². The maximum absolute atomic E-state index is 13.8. The van der Waals surface area contributed by atoms with Gasteiger partial charge in [0.25, 0.3) is 5.91 Å². The fourth-order valence-corrected chi connectivity index (χ4v) is 13.2. The molecule has 25 N–H and O–H groups in total. The maximum Gasteiger partial charge on any atom is 0.270 e. The number of benzene rings is 2. The third kappa shape index (κ3) is 21.1. The second kappa shape index (κ2) is 36.8. The summed E-state index contributed by atoms with van der Waals surface area (Å²) in [6.45, 7) is 7.45. The Morgan fingerprint density at radius 2 is 1.30 bits per heavy atom. The number of nitrogens with one attached hydrogen (secondary N) is 3. The zero-order valence-electron chi connectivity index (χ0n) is 55.5. The standard InChI is InChI=1S/C38H50N6O5.C23H45N5O14.C5H10O/c1-38(2,3)43-37(49)32-20-26-14-7-8-15-27(26)22-44(32)23-33(45)30(19-24-11-5-4-6-12-24)41-36(48)31(21-34(39)46)42-35(47)29-18-17-25-13-9-10-16-28(25)40-29;24-2-7-13(32)15(34)10(27)21(37-7)41-19-9(4-30)39-23(17(19)36)42-20-12(31)5(25)1-6(26)18(20)40-22-11(28)16(35)14(33)8(3-29)38-22;1-2-3-4-5-6/h4-6,9-13,16-18,26-27,30-33,45H,7-8,14-15,19-23H2,1-3H3,(H2,39,46)(H,41,48)(H,42,47)(H,43,49);5-23,29-36H,1-4,24-28H2;2-3,6H,4-5H2,1H3/b;;3-2+/t26-,27+,30-,31-,32-,33+;5-,6+,7+,8-,9-,10-,11-,12+,13-,14-,15-,16-,17-,18-,19-,20-,21-,22-,23+;/m01./s1.